The molecule has 1 saturated heterocycles. The van der Waals surface area contributed by atoms with Gasteiger partial charge in [0.05, 0.1) is 19.8 Å². The van der Waals surface area contributed by atoms with Gasteiger partial charge in [0.25, 0.3) is 0 Å². The quantitative estimate of drug-likeness (QED) is 0.840. The highest BCUT2D eigenvalue weighted by atomic mass is 16.5. The van der Waals surface area contributed by atoms with Crippen molar-refractivity contribution in [1.29, 1.82) is 0 Å². The van der Waals surface area contributed by atoms with Crippen LogP contribution in [0.1, 0.15) is 31.7 Å². The Labute approximate surface area is 126 Å². The summed E-state index contributed by atoms with van der Waals surface area (Å²) in [5, 5.41) is 6.36. The van der Waals surface area contributed by atoms with Crippen LogP contribution in [0.4, 0.5) is 0 Å². The number of hydrogen-bond acceptors (Lipinski definition) is 4. The minimum Gasteiger partial charge on any atom is -0.497 e. The van der Waals surface area contributed by atoms with Gasteiger partial charge in [0.15, 0.2) is 0 Å². The highest BCUT2D eigenvalue weighted by Crippen LogP contribution is 2.26. The van der Waals surface area contributed by atoms with Crippen molar-refractivity contribution in [3.05, 3.63) is 23.8 Å². The predicted octanol–water partition coefficient (Wildman–Crippen LogP) is 1.85. The summed E-state index contributed by atoms with van der Waals surface area (Å²) in [5.74, 6) is 1.53. The summed E-state index contributed by atoms with van der Waals surface area (Å²) in [5.41, 5.74) is 0.538. The molecular formula is C16H24N2O3. The van der Waals surface area contributed by atoms with Crippen LogP contribution in [-0.2, 0) is 11.3 Å². The van der Waals surface area contributed by atoms with E-state index in [4.69, 9.17) is 9.47 Å². The molecule has 1 fully saturated rings. The van der Waals surface area contributed by atoms with E-state index in [1.54, 1.807) is 14.2 Å². The zero-order valence-electron chi connectivity index (χ0n) is 13.0. The molecule has 1 aromatic carbocycles. The lowest BCUT2D eigenvalue weighted by atomic mass is 9.93. The number of ether oxygens (including phenoxy) is 2. The molecule has 1 unspecified atom stereocenters. The van der Waals surface area contributed by atoms with E-state index in [1.807, 2.05) is 25.1 Å². The Hall–Kier alpha value is -1.75. The first-order chi connectivity index (χ1) is 10.1. The number of hydrogen-bond donors (Lipinski definition) is 2. The van der Waals surface area contributed by atoms with E-state index in [0.717, 1.165) is 42.9 Å². The molecule has 1 amide bonds. The van der Waals surface area contributed by atoms with Crippen LogP contribution >= 0.6 is 0 Å². The Bertz CT molecular complexity index is 496. The minimum absolute atomic E-state index is 0.0698. The number of methoxy groups -OCH3 is 2. The summed E-state index contributed by atoms with van der Waals surface area (Å²) in [7, 11) is 3.24. The van der Waals surface area contributed by atoms with Gasteiger partial charge in [-0.2, -0.15) is 0 Å². The molecule has 2 N–H and O–H groups in total. The predicted molar refractivity (Wildman–Crippen MR) is 81.7 cm³/mol. The lowest BCUT2D eigenvalue weighted by molar-refractivity contribution is -0.127. The first-order valence-electron chi connectivity index (χ1n) is 7.39. The Morgan fingerprint density at radius 3 is 2.76 bits per heavy atom. The first kappa shape index (κ1) is 15.6. The molecule has 116 valence electrons. The normalized spacial score (nSPS) is 21.1. The van der Waals surface area contributed by atoms with Crippen molar-refractivity contribution >= 4 is 5.91 Å². The number of carbonyl (C=O) groups is 1. The van der Waals surface area contributed by atoms with Gasteiger partial charge in [-0.25, -0.2) is 0 Å². The molecule has 0 spiro atoms. The monoisotopic (exact) mass is 292 g/mol. The molecule has 1 aliphatic heterocycles. The second kappa shape index (κ2) is 6.80. The standard InChI is InChI=1S/C16H24N2O3/c1-4-16(8-5-9-18-16)15(19)17-11-12-6-7-13(20-2)10-14(12)21-3/h6-7,10,18H,4-5,8-9,11H2,1-3H3,(H,17,19). The number of carbonyl (C=O) groups excluding carboxylic acids is 1. The average molecular weight is 292 g/mol. The van der Waals surface area contributed by atoms with Crippen LogP contribution < -0.4 is 20.1 Å². The van der Waals surface area contributed by atoms with Gasteiger partial charge in [0.1, 0.15) is 11.5 Å². The summed E-state index contributed by atoms with van der Waals surface area (Å²) >= 11 is 0. The first-order valence-corrected chi connectivity index (χ1v) is 7.39. The van der Waals surface area contributed by atoms with E-state index >= 15 is 0 Å². The third-order valence-corrected chi connectivity index (χ3v) is 4.22. The number of benzene rings is 1. The van der Waals surface area contributed by atoms with Gasteiger partial charge >= 0.3 is 0 Å². The minimum atomic E-state index is -0.403. The van der Waals surface area contributed by atoms with E-state index in [-0.39, 0.29) is 5.91 Å². The molecule has 0 radical (unpaired) electrons. The van der Waals surface area contributed by atoms with Gasteiger partial charge < -0.3 is 20.1 Å². The van der Waals surface area contributed by atoms with Crippen LogP contribution in [0.25, 0.3) is 0 Å². The molecule has 0 aliphatic carbocycles. The van der Waals surface area contributed by atoms with Crippen LogP contribution in [0, 0.1) is 0 Å². The zero-order chi connectivity index (χ0) is 15.3. The van der Waals surface area contributed by atoms with Crippen LogP contribution in [0.15, 0.2) is 18.2 Å². The lowest BCUT2D eigenvalue weighted by Gasteiger charge is -2.26. The SMILES string of the molecule is CCC1(C(=O)NCc2ccc(OC)cc2OC)CCCN1. The molecule has 0 saturated carbocycles. The molecule has 5 heteroatoms. The maximum Gasteiger partial charge on any atom is 0.240 e. The van der Waals surface area contributed by atoms with Crippen molar-refractivity contribution in [1.82, 2.24) is 10.6 Å². The molecule has 5 nitrogen and oxygen atoms in total. The van der Waals surface area contributed by atoms with Crippen molar-refractivity contribution < 1.29 is 14.3 Å². The van der Waals surface area contributed by atoms with E-state index in [0.29, 0.717) is 6.54 Å². The number of amides is 1. The van der Waals surface area contributed by atoms with E-state index in [2.05, 4.69) is 10.6 Å². The number of nitrogens with one attached hydrogen (secondary N) is 2. The van der Waals surface area contributed by atoms with Crippen molar-refractivity contribution in [2.75, 3.05) is 20.8 Å². The molecule has 21 heavy (non-hydrogen) atoms. The van der Waals surface area contributed by atoms with Crippen LogP contribution in [0.2, 0.25) is 0 Å². The van der Waals surface area contributed by atoms with E-state index < -0.39 is 5.54 Å². The Morgan fingerprint density at radius 1 is 1.38 bits per heavy atom. The second-order valence-corrected chi connectivity index (χ2v) is 5.33. The van der Waals surface area contributed by atoms with Crippen molar-refractivity contribution in [2.45, 2.75) is 38.3 Å². The maximum absolute atomic E-state index is 12.5. The topological polar surface area (TPSA) is 59.6 Å². The van der Waals surface area contributed by atoms with E-state index in [9.17, 15) is 4.79 Å². The van der Waals surface area contributed by atoms with Crippen LogP contribution in [0.3, 0.4) is 0 Å². The van der Waals surface area contributed by atoms with Gasteiger partial charge in [-0.1, -0.05) is 6.92 Å². The highest BCUT2D eigenvalue weighted by Gasteiger charge is 2.38. The third kappa shape index (κ3) is 3.29. The summed E-state index contributed by atoms with van der Waals surface area (Å²) in [4.78, 5) is 12.5. The summed E-state index contributed by atoms with van der Waals surface area (Å²) in [6.07, 6.45) is 2.75. The van der Waals surface area contributed by atoms with Crippen molar-refractivity contribution in [3.8, 4) is 11.5 Å². The molecule has 1 aromatic rings. The Balaban J connectivity index is 2.04. The summed E-state index contributed by atoms with van der Waals surface area (Å²) in [6, 6.07) is 5.61. The van der Waals surface area contributed by atoms with Gasteiger partial charge in [0.2, 0.25) is 5.91 Å². The summed E-state index contributed by atoms with van der Waals surface area (Å²) < 4.78 is 10.5. The molecule has 1 atom stereocenters. The van der Waals surface area contributed by atoms with Gasteiger partial charge in [-0.3, -0.25) is 4.79 Å². The molecule has 1 heterocycles. The van der Waals surface area contributed by atoms with Crippen molar-refractivity contribution in [3.63, 3.8) is 0 Å². The fourth-order valence-electron chi connectivity index (χ4n) is 2.80. The van der Waals surface area contributed by atoms with Crippen LogP contribution in [0.5, 0.6) is 11.5 Å². The number of rotatable bonds is 6. The molecule has 1 aliphatic rings. The maximum atomic E-state index is 12.5. The molecule has 0 aromatic heterocycles. The van der Waals surface area contributed by atoms with E-state index in [1.165, 1.54) is 0 Å². The van der Waals surface area contributed by atoms with Crippen molar-refractivity contribution in [2.24, 2.45) is 0 Å². The Morgan fingerprint density at radius 2 is 2.19 bits per heavy atom. The Kier molecular flexibility index (Phi) is 5.07. The van der Waals surface area contributed by atoms with Gasteiger partial charge in [-0.15, -0.1) is 0 Å². The second-order valence-electron chi connectivity index (χ2n) is 5.33. The van der Waals surface area contributed by atoms with Gasteiger partial charge in [-0.05, 0) is 37.9 Å². The third-order valence-electron chi connectivity index (χ3n) is 4.22. The van der Waals surface area contributed by atoms with Crippen LogP contribution in [-0.4, -0.2) is 32.2 Å². The largest absolute Gasteiger partial charge is 0.497 e. The zero-order valence-corrected chi connectivity index (χ0v) is 13.0. The average Bonchev–Trinajstić information content (AvgIpc) is 3.02. The van der Waals surface area contributed by atoms with Gasteiger partial charge in [0, 0.05) is 18.2 Å². The fraction of sp³-hybridized carbons (Fsp3) is 0.562. The molecular weight excluding hydrogens is 268 g/mol. The fourth-order valence-corrected chi connectivity index (χ4v) is 2.80. The molecule has 2 rings (SSSR count). The highest BCUT2D eigenvalue weighted by molar-refractivity contribution is 5.86. The smallest absolute Gasteiger partial charge is 0.240 e. The lowest BCUT2D eigenvalue weighted by Crippen LogP contribution is -2.52. The molecule has 0 bridgehead atoms. The summed E-state index contributed by atoms with van der Waals surface area (Å²) in [6.45, 7) is 3.41.